The van der Waals surface area contributed by atoms with Crippen molar-refractivity contribution in [3.63, 3.8) is 0 Å². The van der Waals surface area contributed by atoms with Crippen molar-refractivity contribution in [2.75, 3.05) is 20.1 Å². The van der Waals surface area contributed by atoms with Gasteiger partial charge in [0.1, 0.15) is 6.54 Å². The van der Waals surface area contributed by atoms with Crippen LogP contribution in [0.5, 0.6) is 0 Å². The van der Waals surface area contributed by atoms with Gasteiger partial charge in [0.05, 0.1) is 5.92 Å². The molecular formula is C8H12N2O4. The summed E-state index contributed by atoms with van der Waals surface area (Å²) in [6.45, 7) is -0.0302. The van der Waals surface area contributed by atoms with Crippen LogP contribution in [0.25, 0.3) is 0 Å². The average molecular weight is 200 g/mol. The Morgan fingerprint density at radius 3 is 2.71 bits per heavy atom. The second-order valence-electron chi connectivity index (χ2n) is 3.29. The monoisotopic (exact) mass is 200 g/mol. The number of carbonyl (C=O) groups is 3. The Labute approximate surface area is 80.9 Å². The van der Waals surface area contributed by atoms with Crippen molar-refractivity contribution in [3.05, 3.63) is 0 Å². The second-order valence-corrected chi connectivity index (χ2v) is 3.29. The molecule has 2 N–H and O–H groups in total. The van der Waals surface area contributed by atoms with E-state index >= 15 is 0 Å². The highest BCUT2D eigenvalue weighted by molar-refractivity contribution is 5.90. The van der Waals surface area contributed by atoms with Crippen molar-refractivity contribution in [2.45, 2.75) is 6.42 Å². The van der Waals surface area contributed by atoms with Crippen LogP contribution < -0.4 is 5.32 Å². The molecule has 1 atom stereocenters. The number of aliphatic carboxylic acids is 1. The summed E-state index contributed by atoms with van der Waals surface area (Å²) < 4.78 is 0. The highest BCUT2D eigenvalue weighted by atomic mass is 16.4. The second kappa shape index (κ2) is 4.08. The van der Waals surface area contributed by atoms with Gasteiger partial charge in [-0.3, -0.25) is 14.4 Å². The molecule has 0 saturated carbocycles. The number of nitrogens with zero attached hydrogens (tertiary/aromatic N) is 1. The maximum Gasteiger partial charge on any atom is 0.322 e. The first-order valence-corrected chi connectivity index (χ1v) is 4.24. The molecule has 1 fully saturated rings. The highest BCUT2D eigenvalue weighted by Crippen LogP contribution is 2.15. The van der Waals surface area contributed by atoms with Crippen LogP contribution in [0.2, 0.25) is 0 Å². The van der Waals surface area contributed by atoms with E-state index in [4.69, 9.17) is 5.11 Å². The molecule has 78 valence electrons. The van der Waals surface area contributed by atoms with E-state index in [1.165, 1.54) is 4.90 Å². The average Bonchev–Trinajstić information content (AvgIpc) is 2.43. The lowest BCUT2D eigenvalue weighted by Crippen LogP contribution is -2.35. The molecule has 1 aliphatic heterocycles. The number of carboxylic acid groups (broad SMARTS) is 1. The van der Waals surface area contributed by atoms with Gasteiger partial charge in [0.2, 0.25) is 11.8 Å². The molecule has 0 aliphatic carbocycles. The predicted octanol–water partition coefficient (Wildman–Crippen LogP) is -1.33. The fourth-order valence-corrected chi connectivity index (χ4v) is 1.35. The summed E-state index contributed by atoms with van der Waals surface area (Å²) in [5.41, 5.74) is 0. The first-order valence-electron chi connectivity index (χ1n) is 4.24. The topological polar surface area (TPSA) is 86.7 Å². The van der Waals surface area contributed by atoms with Crippen LogP contribution in [-0.4, -0.2) is 47.9 Å². The Balaban J connectivity index is 2.39. The van der Waals surface area contributed by atoms with Gasteiger partial charge in [-0.15, -0.1) is 0 Å². The minimum absolute atomic E-state index is 0.0829. The molecule has 2 amide bonds. The third-order valence-electron chi connectivity index (χ3n) is 2.13. The van der Waals surface area contributed by atoms with Crippen LogP contribution >= 0.6 is 0 Å². The Morgan fingerprint density at radius 2 is 2.29 bits per heavy atom. The molecule has 6 heteroatoms. The quantitative estimate of drug-likeness (QED) is 0.590. The van der Waals surface area contributed by atoms with Crippen molar-refractivity contribution in [3.8, 4) is 0 Å². The number of likely N-dealkylation sites (tertiary alicyclic amines) is 1. The number of amides is 2. The van der Waals surface area contributed by atoms with Crippen molar-refractivity contribution in [1.29, 1.82) is 0 Å². The van der Waals surface area contributed by atoms with Gasteiger partial charge in [-0.05, 0) is 0 Å². The summed E-state index contributed by atoms with van der Waals surface area (Å²) >= 11 is 0. The van der Waals surface area contributed by atoms with E-state index < -0.39 is 18.4 Å². The molecule has 0 aromatic rings. The summed E-state index contributed by atoms with van der Waals surface area (Å²) in [5.74, 6) is -1.95. The third-order valence-corrected chi connectivity index (χ3v) is 2.13. The van der Waals surface area contributed by atoms with E-state index in [1.54, 1.807) is 7.05 Å². The van der Waals surface area contributed by atoms with Gasteiger partial charge >= 0.3 is 5.97 Å². The Morgan fingerprint density at radius 1 is 1.64 bits per heavy atom. The Kier molecular flexibility index (Phi) is 3.06. The van der Waals surface area contributed by atoms with Gasteiger partial charge in [-0.25, -0.2) is 0 Å². The first-order chi connectivity index (χ1) is 6.50. The van der Waals surface area contributed by atoms with Crippen LogP contribution in [0.1, 0.15) is 6.42 Å². The minimum atomic E-state index is -1.09. The Hall–Kier alpha value is -1.59. The van der Waals surface area contributed by atoms with Gasteiger partial charge in [0.15, 0.2) is 0 Å². The number of carboxylic acids is 1. The first kappa shape index (κ1) is 10.5. The number of rotatable bonds is 3. The van der Waals surface area contributed by atoms with Crippen LogP contribution in [0.3, 0.4) is 0 Å². The summed E-state index contributed by atoms with van der Waals surface area (Å²) in [5, 5.41) is 10.6. The molecule has 0 radical (unpaired) electrons. The van der Waals surface area contributed by atoms with E-state index in [1.807, 2.05) is 0 Å². The Bertz CT molecular complexity index is 277. The highest BCUT2D eigenvalue weighted by Gasteiger charge is 2.31. The van der Waals surface area contributed by atoms with Crippen LogP contribution in [0, 0.1) is 5.92 Å². The number of carbonyl (C=O) groups excluding carboxylic acids is 2. The molecule has 1 unspecified atom stereocenters. The molecule has 6 nitrogen and oxygen atoms in total. The largest absolute Gasteiger partial charge is 0.480 e. The third kappa shape index (κ3) is 2.45. The van der Waals surface area contributed by atoms with Crippen LogP contribution in [-0.2, 0) is 14.4 Å². The number of hydrogen-bond donors (Lipinski definition) is 2. The van der Waals surface area contributed by atoms with E-state index in [-0.39, 0.29) is 18.2 Å². The van der Waals surface area contributed by atoms with E-state index in [2.05, 4.69) is 5.32 Å². The molecule has 0 spiro atoms. The summed E-state index contributed by atoms with van der Waals surface area (Å²) in [4.78, 5) is 34.0. The SMILES string of the molecule is CN1CC(C(=O)NCC(=O)O)CC1=O. The molecule has 14 heavy (non-hydrogen) atoms. The molecule has 1 rings (SSSR count). The lowest BCUT2D eigenvalue weighted by atomic mass is 10.1. The van der Waals surface area contributed by atoms with Crippen molar-refractivity contribution in [1.82, 2.24) is 10.2 Å². The summed E-state index contributed by atoms with van der Waals surface area (Å²) in [6.07, 6.45) is 0.169. The predicted molar refractivity (Wildman–Crippen MR) is 46.4 cm³/mol. The molecule has 0 bridgehead atoms. The molecule has 1 saturated heterocycles. The van der Waals surface area contributed by atoms with E-state index in [9.17, 15) is 14.4 Å². The standard InChI is InChI=1S/C8H12N2O4/c1-10-4-5(2-6(10)11)8(14)9-3-7(12)13/h5H,2-4H2,1H3,(H,9,14)(H,12,13). The molecule has 1 heterocycles. The van der Waals surface area contributed by atoms with Gasteiger partial charge in [0, 0.05) is 20.0 Å². The van der Waals surface area contributed by atoms with Crippen molar-refractivity contribution >= 4 is 17.8 Å². The number of hydrogen-bond acceptors (Lipinski definition) is 3. The van der Waals surface area contributed by atoms with E-state index in [0.29, 0.717) is 6.54 Å². The minimum Gasteiger partial charge on any atom is -0.480 e. The molecule has 1 aliphatic rings. The fraction of sp³-hybridized carbons (Fsp3) is 0.625. The zero-order valence-corrected chi connectivity index (χ0v) is 7.82. The zero-order chi connectivity index (χ0) is 10.7. The van der Waals surface area contributed by atoms with E-state index in [0.717, 1.165) is 0 Å². The smallest absolute Gasteiger partial charge is 0.322 e. The zero-order valence-electron chi connectivity index (χ0n) is 7.82. The molecule has 0 aromatic carbocycles. The maximum atomic E-state index is 11.3. The van der Waals surface area contributed by atoms with Gasteiger partial charge < -0.3 is 15.3 Å². The summed E-state index contributed by atoms with van der Waals surface area (Å²) in [7, 11) is 1.62. The fourth-order valence-electron chi connectivity index (χ4n) is 1.35. The van der Waals surface area contributed by atoms with Crippen molar-refractivity contribution in [2.24, 2.45) is 5.92 Å². The molecular weight excluding hydrogens is 188 g/mol. The van der Waals surface area contributed by atoms with Crippen molar-refractivity contribution < 1.29 is 19.5 Å². The van der Waals surface area contributed by atoms with Crippen LogP contribution in [0.15, 0.2) is 0 Å². The molecule has 0 aromatic heterocycles. The lowest BCUT2D eigenvalue weighted by molar-refractivity contribution is -0.138. The lowest BCUT2D eigenvalue weighted by Gasteiger charge is -2.09. The van der Waals surface area contributed by atoms with Crippen LogP contribution in [0.4, 0.5) is 0 Å². The van der Waals surface area contributed by atoms with Gasteiger partial charge in [-0.2, -0.15) is 0 Å². The summed E-state index contributed by atoms with van der Waals surface area (Å²) in [6, 6.07) is 0. The maximum absolute atomic E-state index is 11.3. The van der Waals surface area contributed by atoms with Gasteiger partial charge in [0.25, 0.3) is 0 Å². The number of nitrogens with one attached hydrogen (secondary N) is 1. The van der Waals surface area contributed by atoms with Gasteiger partial charge in [-0.1, -0.05) is 0 Å². The normalized spacial score (nSPS) is 21.1.